The number of para-hydroxylation sites is 1. The van der Waals surface area contributed by atoms with Crippen LogP contribution in [0.2, 0.25) is 0 Å². The van der Waals surface area contributed by atoms with Crippen molar-refractivity contribution in [1.82, 2.24) is 14.8 Å². The molecule has 0 saturated heterocycles. The van der Waals surface area contributed by atoms with Gasteiger partial charge in [-0.1, -0.05) is 42.5 Å². The minimum atomic E-state index is 0.726. The molecule has 0 spiro atoms. The second kappa shape index (κ2) is 6.59. The van der Waals surface area contributed by atoms with E-state index in [4.69, 9.17) is 4.74 Å². The van der Waals surface area contributed by atoms with E-state index in [1.54, 1.807) is 7.11 Å². The number of anilines is 1. The zero-order valence-electron chi connectivity index (χ0n) is 14.6. The lowest BCUT2D eigenvalue weighted by molar-refractivity contribution is 0.412. The van der Waals surface area contributed by atoms with Crippen molar-refractivity contribution in [3.05, 3.63) is 59.9 Å². The van der Waals surface area contributed by atoms with Crippen molar-refractivity contribution in [3.63, 3.8) is 0 Å². The molecule has 5 heteroatoms. The third kappa shape index (κ3) is 2.86. The minimum absolute atomic E-state index is 0.726. The molecule has 0 unspecified atom stereocenters. The molecule has 0 radical (unpaired) electrons. The molecule has 5 nitrogen and oxygen atoms in total. The van der Waals surface area contributed by atoms with Gasteiger partial charge < -0.3 is 14.2 Å². The molecule has 0 fully saturated rings. The van der Waals surface area contributed by atoms with Gasteiger partial charge >= 0.3 is 0 Å². The van der Waals surface area contributed by atoms with Gasteiger partial charge in [-0.15, -0.1) is 10.2 Å². The summed E-state index contributed by atoms with van der Waals surface area (Å²) in [5.74, 6) is 2.79. The number of hydrogen-bond acceptors (Lipinski definition) is 4. The lowest BCUT2D eigenvalue weighted by Gasteiger charge is -2.32. The van der Waals surface area contributed by atoms with E-state index in [9.17, 15) is 0 Å². The predicted octanol–water partition coefficient (Wildman–Crippen LogP) is 3.44. The van der Waals surface area contributed by atoms with Crippen molar-refractivity contribution < 1.29 is 4.74 Å². The Morgan fingerprint density at radius 3 is 2.68 bits per heavy atom. The molecule has 128 valence electrons. The molecule has 1 aromatic heterocycles. The summed E-state index contributed by atoms with van der Waals surface area (Å²) in [5, 5.41) is 8.85. The molecule has 25 heavy (non-hydrogen) atoms. The summed E-state index contributed by atoms with van der Waals surface area (Å²) < 4.78 is 7.68. The lowest BCUT2D eigenvalue weighted by Crippen LogP contribution is -2.30. The molecule has 3 aromatic rings. The zero-order valence-corrected chi connectivity index (χ0v) is 14.6. The van der Waals surface area contributed by atoms with Crippen LogP contribution in [0.3, 0.4) is 0 Å². The normalized spacial score (nSPS) is 13.6. The van der Waals surface area contributed by atoms with Gasteiger partial charge in [0.15, 0.2) is 11.6 Å². The largest absolute Gasteiger partial charge is 0.495 e. The zero-order chi connectivity index (χ0) is 17.2. The van der Waals surface area contributed by atoms with Crippen molar-refractivity contribution in [2.45, 2.75) is 19.4 Å². The highest BCUT2D eigenvalue weighted by atomic mass is 16.5. The second-order valence-electron chi connectivity index (χ2n) is 6.36. The Hall–Kier alpha value is -2.82. The summed E-state index contributed by atoms with van der Waals surface area (Å²) in [5.41, 5.74) is 3.62. The first-order chi connectivity index (χ1) is 12.3. The van der Waals surface area contributed by atoms with Crippen LogP contribution in [-0.4, -0.2) is 28.4 Å². The number of fused-ring (bicyclic) bond motifs is 1. The van der Waals surface area contributed by atoms with Gasteiger partial charge in [0.2, 0.25) is 0 Å². The van der Waals surface area contributed by atoms with Crippen molar-refractivity contribution in [3.8, 4) is 17.1 Å². The second-order valence-corrected chi connectivity index (χ2v) is 6.36. The van der Waals surface area contributed by atoms with E-state index in [2.05, 4.69) is 43.9 Å². The van der Waals surface area contributed by atoms with Gasteiger partial charge in [-0.3, -0.25) is 0 Å². The van der Waals surface area contributed by atoms with E-state index >= 15 is 0 Å². The maximum absolute atomic E-state index is 5.60. The Balaban J connectivity index is 1.66. The number of benzene rings is 2. The van der Waals surface area contributed by atoms with Crippen LogP contribution in [0.4, 0.5) is 5.69 Å². The first-order valence-electron chi connectivity index (χ1n) is 8.62. The van der Waals surface area contributed by atoms with Crippen LogP contribution in [0.25, 0.3) is 11.4 Å². The molecule has 1 aliphatic rings. The van der Waals surface area contributed by atoms with Crippen LogP contribution in [-0.2, 0) is 20.0 Å². The molecule has 0 aliphatic carbocycles. The van der Waals surface area contributed by atoms with Crippen LogP contribution in [0.5, 0.6) is 5.75 Å². The van der Waals surface area contributed by atoms with Gasteiger partial charge in [-0.25, -0.2) is 0 Å². The number of aryl methyl sites for hydroxylation is 1. The third-order valence-corrected chi connectivity index (χ3v) is 4.82. The van der Waals surface area contributed by atoms with Crippen LogP contribution in [0, 0.1) is 0 Å². The summed E-state index contributed by atoms with van der Waals surface area (Å²) in [6.07, 6.45) is 2.24. The molecule has 1 aliphatic heterocycles. The van der Waals surface area contributed by atoms with E-state index in [0.29, 0.717) is 0 Å². The highest BCUT2D eigenvalue weighted by molar-refractivity contribution is 5.65. The van der Waals surface area contributed by atoms with E-state index < -0.39 is 0 Å². The molecular formula is C20H22N4O. The Labute approximate surface area is 147 Å². The summed E-state index contributed by atoms with van der Waals surface area (Å²) in [6, 6.07) is 16.5. The summed E-state index contributed by atoms with van der Waals surface area (Å²) >= 11 is 0. The fourth-order valence-electron chi connectivity index (χ4n) is 3.53. The highest BCUT2D eigenvalue weighted by Crippen LogP contribution is 2.36. The molecule has 2 heterocycles. The van der Waals surface area contributed by atoms with Gasteiger partial charge in [0.25, 0.3) is 0 Å². The first kappa shape index (κ1) is 15.7. The first-order valence-corrected chi connectivity index (χ1v) is 8.62. The van der Waals surface area contributed by atoms with Gasteiger partial charge in [-0.2, -0.15) is 0 Å². The van der Waals surface area contributed by atoms with Crippen molar-refractivity contribution in [2.24, 2.45) is 7.05 Å². The number of nitrogens with zero attached hydrogens (tertiary/aromatic N) is 4. The van der Waals surface area contributed by atoms with Crippen molar-refractivity contribution >= 4 is 5.69 Å². The smallest absolute Gasteiger partial charge is 0.163 e. The molecule has 0 N–H and O–H groups in total. The predicted molar refractivity (Wildman–Crippen MR) is 98.8 cm³/mol. The number of hydrogen-bond donors (Lipinski definition) is 0. The molecule has 2 aromatic carbocycles. The Morgan fingerprint density at radius 1 is 1.04 bits per heavy atom. The van der Waals surface area contributed by atoms with Gasteiger partial charge in [-0.05, 0) is 24.5 Å². The highest BCUT2D eigenvalue weighted by Gasteiger charge is 2.23. The maximum Gasteiger partial charge on any atom is 0.163 e. The van der Waals surface area contributed by atoms with Crippen LogP contribution in [0.1, 0.15) is 17.8 Å². The average Bonchev–Trinajstić information content (AvgIpc) is 3.02. The van der Waals surface area contributed by atoms with Crippen molar-refractivity contribution in [1.29, 1.82) is 0 Å². The molecule has 0 bridgehead atoms. The van der Waals surface area contributed by atoms with Crippen LogP contribution < -0.4 is 9.64 Å². The van der Waals surface area contributed by atoms with Crippen LogP contribution in [0.15, 0.2) is 48.5 Å². The average molecular weight is 334 g/mol. The molecule has 0 atom stereocenters. The van der Waals surface area contributed by atoms with E-state index in [1.165, 1.54) is 11.3 Å². The maximum atomic E-state index is 5.60. The SMILES string of the molecule is COc1cccc2c1N(Cc1nnc(-c3ccccc3)n1C)CCC2. The Kier molecular flexibility index (Phi) is 4.14. The number of methoxy groups -OCH3 is 1. The summed E-state index contributed by atoms with van der Waals surface area (Å²) in [4.78, 5) is 2.36. The quantitative estimate of drug-likeness (QED) is 0.733. The van der Waals surface area contributed by atoms with Gasteiger partial charge in [0.1, 0.15) is 5.75 Å². The fraction of sp³-hybridized carbons (Fsp3) is 0.300. The molecular weight excluding hydrogens is 312 g/mol. The number of aromatic nitrogens is 3. The van der Waals surface area contributed by atoms with Gasteiger partial charge in [0, 0.05) is 19.2 Å². The third-order valence-electron chi connectivity index (χ3n) is 4.82. The molecule has 0 saturated carbocycles. The minimum Gasteiger partial charge on any atom is -0.495 e. The monoisotopic (exact) mass is 334 g/mol. The summed E-state index contributed by atoms with van der Waals surface area (Å²) in [7, 11) is 3.77. The standard InChI is InChI=1S/C20H22N4O/c1-23-18(21-22-20(23)16-8-4-3-5-9-16)14-24-13-7-11-15-10-6-12-17(25-2)19(15)24/h3-6,8-10,12H,7,11,13-14H2,1-2H3. The number of ether oxygens (including phenoxy) is 1. The van der Waals surface area contributed by atoms with E-state index in [0.717, 1.165) is 48.9 Å². The topological polar surface area (TPSA) is 43.2 Å². The fourth-order valence-corrected chi connectivity index (χ4v) is 3.53. The van der Waals surface area contributed by atoms with Crippen LogP contribution >= 0.6 is 0 Å². The van der Waals surface area contributed by atoms with Crippen molar-refractivity contribution in [2.75, 3.05) is 18.6 Å². The Bertz CT molecular complexity index is 858. The number of rotatable bonds is 4. The lowest BCUT2D eigenvalue weighted by atomic mass is 10.0. The summed E-state index contributed by atoms with van der Waals surface area (Å²) in [6.45, 7) is 1.73. The Morgan fingerprint density at radius 2 is 1.88 bits per heavy atom. The molecule has 0 amide bonds. The molecule has 4 rings (SSSR count). The van der Waals surface area contributed by atoms with E-state index in [-0.39, 0.29) is 0 Å². The van der Waals surface area contributed by atoms with E-state index in [1.807, 2.05) is 31.3 Å². The van der Waals surface area contributed by atoms with Gasteiger partial charge in [0.05, 0.1) is 19.3 Å².